The number of hydrogen-bond acceptors (Lipinski definition) is 3. The monoisotopic (exact) mass is 211 g/mol. The van der Waals surface area contributed by atoms with Crippen molar-refractivity contribution in [2.75, 3.05) is 14.2 Å². The summed E-state index contributed by atoms with van der Waals surface area (Å²) in [5.74, 6) is -2.20. The van der Waals surface area contributed by atoms with Gasteiger partial charge in [0.15, 0.2) is 11.6 Å². The van der Waals surface area contributed by atoms with E-state index in [1.165, 1.54) is 26.3 Å². The normalized spacial score (nSPS) is 9.53. The third-order valence-corrected chi connectivity index (χ3v) is 1.85. The smallest absolute Gasteiger partial charge is 0.292 e. The van der Waals surface area contributed by atoms with Gasteiger partial charge in [-0.25, -0.2) is 4.39 Å². The second-order valence-electron chi connectivity index (χ2n) is 2.76. The van der Waals surface area contributed by atoms with Crippen molar-refractivity contribution in [3.8, 4) is 5.75 Å². The molecule has 0 aliphatic carbocycles. The number of carbonyl (C=O) groups is 2. The van der Waals surface area contributed by atoms with E-state index in [9.17, 15) is 14.0 Å². The van der Waals surface area contributed by atoms with E-state index in [-0.39, 0.29) is 11.3 Å². The Kier molecular flexibility index (Phi) is 3.38. The van der Waals surface area contributed by atoms with E-state index in [4.69, 9.17) is 0 Å². The highest BCUT2D eigenvalue weighted by Crippen LogP contribution is 2.17. The molecular formula is C10H10FNO3. The number of benzene rings is 1. The number of rotatable bonds is 3. The topological polar surface area (TPSA) is 55.4 Å². The van der Waals surface area contributed by atoms with Crippen LogP contribution in [-0.4, -0.2) is 25.8 Å². The molecule has 15 heavy (non-hydrogen) atoms. The minimum atomic E-state index is -0.779. The molecular weight excluding hydrogens is 201 g/mol. The zero-order chi connectivity index (χ0) is 11.4. The molecule has 0 unspecified atom stereocenters. The summed E-state index contributed by atoms with van der Waals surface area (Å²) in [6, 6.07) is 3.60. The number of amides is 1. The number of likely N-dealkylation sites (N-methyl/N-ethyl adjacent to an activating group) is 1. The molecule has 5 heteroatoms. The molecule has 80 valence electrons. The lowest BCUT2D eigenvalue weighted by atomic mass is 10.1. The van der Waals surface area contributed by atoms with Crippen molar-refractivity contribution in [3.63, 3.8) is 0 Å². The molecule has 0 aliphatic rings. The predicted molar refractivity (Wildman–Crippen MR) is 51.3 cm³/mol. The van der Waals surface area contributed by atoms with Crippen LogP contribution in [0.15, 0.2) is 18.2 Å². The summed E-state index contributed by atoms with van der Waals surface area (Å²) < 4.78 is 17.8. The summed E-state index contributed by atoms with van der Waals surface area (Å²) in [4.78, 5) is 22.3. The highest BCUT2D eigenvalue weighted by Gasteiger charge is 2.16. The van der Waals surface area contributed by atoms with Crippen LogP contribution in [0.25, 0.3) is 0 Å². The Labute approximate surface area is 86.0 Å². The molecule has 0 radical (unpaired) electrons. The summed E-state index contributed by atoms with van der Waals surface area (Å²) >= 11 is 0. The zero-order valence-electron chi connectivity index (χ0n) is 8.33. The molecule has 0 saturated carbocycles. The first-order valence-corrected chi connectivity index (χ1v) is 4.20. The van der Waals surface area contributed by atoms with Gasteiger partial charge in [-0.15, -0.1) is 0 Å². The van der Waals surface area contributed by atoms with Crippen LogP contribution in [0.5, 0.6) is 5.75 Å². The third-order valence-electron chi connectivity index (χ3n) is 1.85. The lowest BCUT2D eigenvalue weighted by Gasteiger charge is -2.03. The standard InChI is InChI=1S/C10H10FNO3/c1-12-10(14)9(13)6-3-4-8(15-2)7(11)5-6/h3-5H,1-2H3,(H,12,14). The van der Waals surface area contributed by atoms with Gasteiger partial charge in [0, 0.05) is 12.6 Å². The number of ether oxygens (including phenoxy) is 1. The van der Waals surface area contributed by atoms with Crippen molar-refractivity contribution < 1.29 is 18.7 Å². The van der Waals surface area contributed by atoms with Crippen molar-refractivity contribution in [2.24, 2.45) is 0 Å². The lowest BCUT2D eigenvalue weighted by Crippen LogP contribution is -2.27. The quantitative estimate of drug-likeness (QED) is 0.593. The van der Waals surface area contributed by atoms with E-state index in [0.29, 0.717) is 0 Å². The molecule has 0 bridgehead atoms. The number of carbonyl (C=O) groups excluding carboxylic acids is 2. The van der Waals surface area contributed by atoms with Crippen molar-refractivity contribution in [1.29, 1.82) is 0 Å². The minimum absolute atomic E-state index is 0.00681. The number of hydrogen-bond donors (Lipinski definition) is 1. The Morgan fingerprint density at radius 3 is 2.53 bits per heavy atom. The van der Waals surface area contributed by atoms with Gasteiger partial charge in [0.2, 0.25) is 5.78 Å². The molecule has 0 atom stereocenters. The van der Waals surface area contributed by atoms with Gasteiger partial charge in [-0.3, -0.25) is 9.59 Å². The van der Waals surface area contributed by atoms with Crippen molar-refractivity contribution >= 4 is 11.7 Å². The van der Waals surface area contributed by atoms with E-state index in [1.807, 2.05) is 0 Å². The van der Waals surface area contributed by atoms with E-state index in [0.717, 1.165) is 6.07 Å². The number of ketones is 1. The van der Waals surface area contributed by atoms with Crippen molar-refractivity contribution in [1.82, 2.24) is 5.32 Å². The Bertz CT molecular complexity index is 404. The van der Waals surface area contributed by atoms with E-state index >= 15 is 0 Å². The van der Waals surface area contributed by atoms with Gasteiger partial charge in [0.05, 0.1) is 7.11 Å². The van der Waals surface area contributed by atoms with Gasteiger partial charge in [-0.2, -0.15) is 0 Å². The van der Waals surface area contributed by atoms with Gasteiger partial charge in [-0.1, -0.05) is 0 Å². The molecule has 0 aliphatic heterocycles. The summed E-state index contributed by atoms with van der Waals surface area (Å²) in [5.41, 5.74) is -0.00681. The van der Waals surface area contributed by atoms with Gasteiger partial charge in [0.1, 0.15) is 0 Å². The minimum Gasteiger partial charge on any atom is -0.494 e. The zero-order valence-corrected chi connectivity index (χ0v) is 8.33. The number of methoxy groups -OCH3 is 1. The average Bonchev–Trinajstić information content (AvgIpc) is 2.26. The van der Waals surface area contributed by atoms with Crippen LogP contribution in [0.4, 0.5) is 4.39 Å². The fourth-order valence-corrected chi connectivity index (χ4v) is 1.05. The second-order valence-corrected chi connectivity index (χ2v) is 2.76. The van der Waals surface area contributed by atoms with E-state index in [1.54, 1.807) is 0 Å². The molecule has 0 fully saturated rings. The van der Waals surface area contributed by atoms with Gasteiger partial charge >= 0.3 is 0 Å². The summed E-state index contributed by atoms with van der Waals surface area (Å²) in [5, 5.41) is 2.17. The molecule has 0 spiro atoms. The number of nitrogens with one attached hydrogen (secondary N) is 1. The summed E-state index contributed by atoms with van der Waals surface area (Å²) in [7, 11) is 2.65. The SMILES string of the molecule is CNC(=O)C(=O)c1ccc(OC)c(F)c1. The van der Waals surface area contributed by atoms with Crippen LogP contribution in [0.1, 0.15) is 10.4 Å². The molecule has 1 amide bonds. The third kappa shape index (κ3) is 2.31. The summed E-state index contributed by atoms with van der Waals surface area (Å²) in [6.07, 6.45) is 0. The van der Waals surface area contributed by atoms with Crippen LogP contribution < -0.4 is 10.1 Å². The largest absolute Gasteiger partial charge is 0.494 e. The molecule has 1 aromatic carbocycles. The van der Waals surface area contributed by atoms with Crippen LogP contribution in [0.3, 0.4) is 0 Å². The Hall–Kier alpha value is -1.91. The lowest BCUT2D eigenvalue weighted by molar-refractivity contribution is -0.116. The Morgan fingerprint density at radius 2 is 2.07 bits per heavy atom. The second kappa shape index (κ2) is 4.54. The number of halogens is 1. The maximum Gasteiger partial charge on any atom is 0.292 e. The highest BCUT2D eigenvalue weighted by atomic mass is 19.1. The maximum absolute atomic E-state index is 13.2. The Morgan fingerprint density at radius 1 is 1.40 bits per heavy atom. The van der Waals surface area contributed by atoms with Crippen molar-refractivity contribution in [2.45, 2.75) is 0 Å². The molecule has 0 aromatic heterocycles. The molecule has 1 N–H and O–H groups in total. The van der Waals surface area contributed by atoms with Crippen LogP contribution in [-0.2, 0) is 4.79 Å². The fourth-order valence-electron chi connectivity index (χ4n) is 1.05. The van der Waals surface area contributed by atoms with Gasteiger partial charge < -0.3 is 10.1 Å². The van der Waals surface area contributed by atoms with Crippen molar-refractivity contribution in [3.05, 3.63) is 29.6 Å². The molecule has 0 heterocycles. The van der Waals surface area contributed by atoms with Crippen LogP contribution in [0.2, 0.25) is 0 Å². The first kappa shape index (κ1) is 11.2. The van der Waals surface area contributed by atoms with Crippen LogP contribution in [0, 0.1) is 5.82 Å². The molecule has 0 saturated heterocycles. The first-order chi connectivity index (χ1) is 7.10. The molecule has 1 aromatic rings. The van der Waals surface area contributed by atoms with Gasteiger partial charge in [-0.05, 0) is 18.2 Å². The Balaban J connectivity index is 3.02. The maximum atomic E-state index is 13.2. The molecule has 4 nitrogen and oxygen atoms in total. The number of Topliss-reactive ketones (excluding diaryl/α,β-unsaturated/α-hetero) is 1. The fraction of sp³-hybridized carbons (Fsp3) is 0.200. The molecule has 1 rings (SSSR count). The van der Waals surface area contributed by atoms with Crippen LogP contribution >= 0.6 is 0 Å². The predicted octanol–water partition coefficient (Wildman–Crippen LogP) is 0.763. The van der Waals surface area contributed by atoms with Gasteiger partial charge in [0.25, 0.3) is 5.91 Å². The highest BCUT2D eigenvalue weighted by molar-refractivity contribution is 6.42. The van der Waals surface area contributed by atoms with E-state index in [2.05, 4.69) is 10.1 Å². The summed E-state index contributed by atoms with van der Waals surface area (Å²) in [6.45, 7) is 0. The average molecular weight is 211 g/mol. The first-order valence-electron chi connectivity index (χ1n) is 4.20. The van der Waals surface area contributed by atoms with E-state index < -0.39 is 17.5 Å².